The molecule has 23 heavy (non-hydrogen) atoms. The Balaban J connectivity index is 1.70. The molecular formula is C17H25N3O3. The predicted molar refractivity (Wildman–Crippen MR) is 85.6 cm³/mol. The van der Waals surface area contributed by atoms with E-state index in [1.54, 1.807) is 14.1 Å². The molecule has 3 rings (SSSR count). The molecule has 1 saturated carbocycles. The van der Waals surface area contributed by atoms with Gasteiger partial charge in [0, 0.05) is 38.4 Å². The molecule has 3 atom stereocenters. The number of fused-ring (bicyclic) bond motifs is 1. The van der Waals surface area contributed by atoms with Crippen LogP contribution in [0, 0.1) is 11.8 Å². The average molecular weight is 319 g/mol. The number of carbonyl (C=O) groups excluding carboxylic acids is 2. The van der Waals surface area contributed by atoms with Crippen molar-refractivity contribution in [1.29, 1.82) is 0 Å². The van der Waals surface area contributed by atoms with Gasteiger partial charge < -0.3 is 19.1 Å². The predicted octanol–water partition coefficient (Wildman–Crippen LogP) is 0.960. The molecule has 0 bridgehead atoms. The first kappa shape index (κ1) is 16.1. The lowest BCUT2D eigenvalue weighted by molar-refractivity contribution is -0.139. The zero-order valence-electron chi connectivity index (χ0n) is 14.1. The number of aromatic nitrogens is 1. The third kappa shape index (κ3) is 3.58. The summed E-state index contributed by atoms with van der Waals surface area (Å²) in [6.45, 7) is 4.01. The molecule has 126 valence electrons. The van der Waals surface area contributed by atoms with Crippen LogP contribution in [0.5, 0.6) is 0 Å². The molecule has 2 aliphatic rings. The van der Waals surface area contributed by atoms with Gasteiger partial charge in [0.1, 0.15) is 6.61 Å². The second-order valence-corrected chi connectivity index (χ2v) is 6.91. The molecule has 6 heteroatoms. The van der Waals surface area contributed by atoms with Crippen molar-refractivity contribution in [1.82, 2.24) is 14.4 Å². The van der Waals surface area contributed by atoms with Gasteiger partial charge >= 0.3 is 0 Å². The highest BCUT2D eigenvalue weighted by molar-refractivity contribution is 5.81. The van der Waals surface area contributed by atoms with Crippen LogP contribution in [-0.2, 0) is 27.4 Å². The summed E-state index contributed by atoms with van der Waals surface area (Å²) in [4.78, 5) is 27.8. The molecule has 0 spiro atoms. The number of hydrogen-bond acceptors (Lipinski definition) is 3. The number of hydrogen-bond donors (Lipinski definition) is 0. The van der Waals surface area contributed by atoms with Crippen LogP contribution >= 0.6 is 0 Å². The van der Waals surface area contributed by atoms with Gasteiger partial charge in [-0.05, 0) is 24.5 Å². The quantitative estimate of drug-likeness (QED) is 0.831. The van der Waals surface area contributed by atoms with Gasteiger partial charge in [0.15, 0.2) is 0 Å². The molecule has 6 nitrogen and oxygen atoms in total. The second kappa shape index (κ2) is 6.35. The smallest absolute Gasteiger partial charge is 0.248 e. The summed E-state index contributed by atoms with van der Waals surface area (Å²) in [7, 11) is 3.43. The van der Waals surface area contributed by atoms with Crippen LogP contribution < -0.4 is 0 Å². The third-order valence-corrected chi connectivity index (χ3v) is 4.78. The maximum absolute atomic E-state index is 12.6. The van der Waals surface area contributed by atoms with Crippen LogP contribution in [0.1, 0.15) is 19.0 Å². The Morgan fingerprint density at radius 1 is 1.35 bits per heavy atom. The van der Waals surface area contributed by atoms with Crippen molar-refractivity contribution >= 4 is 11.8 Å². The first-order valence-corrected chi connectivity index (χ1v) is 8.20. The van der Waals surface area contributed by atoms with E-state index in [0.717, 1.165) is 12.1 Å². The van der Waals surface area contributed by atoms with E-state index in [0.29, 0.717) is 25.6 Å². The molecule has 0 aromatic carbocycles. The summed E-state index contributed by atoms with van der Waals surface area (Å²) in [5.41, 5.74) is 1.12. The largest absolute Gasteiger partial charge is 0.365 e. The minimum atomic E-state index is -0.162. The highest BCUT2D eigenvalue weighted by Crippen LogP contribution is 2.39. The Bertz CT molecular complexity index is 596. The van der Waals surface area contributed by atoms with Crippen LogP contribution in [-0.4, -0.2) is 59.5 Å². The molecule has 0 N–H and O–H groups in total. The zero-order chi connectivity index (χ0) is 16.6. The number of nitrogens with zero attached hydrogens (tertiary/aromatic N) is 3. The summed E-state index contributed by atoms with van der Waals surface area (Å²) >= 11 is 0. The van der Waals surface area contributed by atoms with Crippen LogP contribution in [0.15, 0.2) is 18.3 Å². The normalized spacial score (nSPS) is 26.4. The Hall–Kier alpha value is -1.82. The molecule has 1 aliphatic carbocycles. The molecular weight excluding hydrogens is 294 g/mol. The molecule has 2 heterocycles. The Morgan fingerprint density at radius 3 is 2.74 bits per heavy atom. The van der Waals surface area contributed by atoms with Gasteiger partial charge in [0.05, 0.1) is 19.2 Å². The van der Waals surface area contributed by atoms with Gasteiger partial charge in [-0.25, -0.2) is 0 Å². The Labute approximate surface area is 137 Å². The molecule has 2 amide bonds. The number of likely N-dealkylation sites (N-methyl/N-ethyl adjacent to an activating group) is 1. The standard InChI is InChI=1S/C17H25N3O3/c1-12-7-15(12)17(22)20-8-13-5-4-6-19(13)9-14(10-20)23-11-16(21)18(2)3/h4-6,12,14-15H,7-11H2,1-3H3/t12-,14-,15-/m1/s1. The Kier molecular flexibility index (Phi) is 4.43. The van der Waals surface area contributed by atoms with Crippen molar-refractivity contribution in [2.45, 2.75) is 32.5 Å². The zero-order valence-corrected chi connectivity index (χ0v) is 14.1. The summed E-state index contributed by atoms with van der Waals surface area (Å²) in [5.74, 6) is 0.822. The lowest BCUT2D eigenvalue weighted by atomic mass is 10.2. The van der Waals surface area contributed by atoms with Gasteiger partial charge in [0.25, 0.3) is 0 Å². The SMILES string of the molecule is C[C@@H]1C[C@H]1C(=O)N1Cc2cccn2C[C@@H](OCC(=O)N(C)C)C1. The first-order chi connectivity index (χ1) is 11.0. The monoisotopic (exact) mass is 319 g/mol. The maximum Gasteiger partial charge on any atom is 0.248 e. The highest BCUT2D eigenvalue weighted by atomic mass is 16.5. The van der Waals surface area contributed by atoms with E-state index >= 15 is 0 Å². The van der Waals surface area contributed by atoms with Gasteiger partial charge in [0.2, 0.25) is 11.8 Å². The fraction of sp³-hybridized carbons (Fsp3) is 0.647. The van der Waals surface area contributed by atoms with Crippen LogP contribution in [0.3, 0.4) is 0 Å². The summed E-state index contributed by atoms with van der Waals surface area (Å²) in [6.07, 6.45) is 2.83. The van der Waals surface area contributed by atoms with Gasteiger partial charge in [-0.1, -0.05) is 6.92 Å². The molecule has 1 fully saturated rings. The topological polar surface area (TPSA) is 54.8 Å². The fourth-order valence-corrected chi connectivity index (χ4v) is 3.05. The van der Waals surface area contributed by atoms with E-state index in [4.69, 9.17) is 4.74 Å². The number of amides is 2. The summed E-state index contributed by atoms with van der Waals surface area (Å²) in [5, 5.41) is 0. The molecule has 0 unspecified atom stereocenters. The van der Waals surface area contributed by atoms with Crippen molar-refractivity contribution in [2.24, 2.45) is 11.8 Å². The van der Waals surface area contributed by atoms with Crippen LogP contribution in [0.25, 0.3) is 0 Å². The average Bonchev–Trinajstić information content (AvgIpc) is 3.14. The maximum atomic E-state index is 12.6. The minimum absolute atomic E-state index is 0.0517. The lowest BCUT2D eigenvalue weighted by Crippen LogP contribution is -2.39. The van der Waals surface area contributed by atoms with E-state index in [2.05, 4.69) is 11.5 Å². The lowest BCUT2D eigenvalue weighted by Gasteiger charge is -2.25. The summed E-state index contributed by atoms with van der Waals surface area (Å²) in [6, 6.07) is 4.04. The van der Waals surface area contributed by atoms with E-state index in [-0.39, 0.29) is 30.4 Å². The minimum Gasteiger partial charge on any atom is -0.365 e. The third-order valence-electron chi connectivity index (χ3n) is 4.78. The summed E-state index contributed by atoms with van der Waals surface area (Å²) < 4.78 is 7.93. The highest BCUT2D eigenvalue weighted by Gasteiger charge is 2.42. The van der Waals surface area contributed by atoms with Gasteiger partial charge in [-0.2, -0.15) is 0 Å². The van der Waals surface area contributed by atoms with E-state index < -0.39 is 0 Å². The molecule has 0 saturated heterocycles. The van der Waals surface area contributed by atoms with Crippen molar-refractivity contribution in [3.63, 3.8) is 0 Å². The van der Waals surface area contributed by atoms with Gasteiger partial charge in [-0.15, -0.1) is 0 Å². The van der Waals surface area contributed by atoms with Gasteiger partial charge in [-0.3, -0.25) is 9.59 Å². The second-order valence-electron chi connectivity index (χ2n) is 6.91. The molecule has 1 aliphatic heterocycles. The number of rotatable bonds is 4. The van der Waals surface area contributed by atoms with Crippen LogP contribution in [0.4, 0.5) is 0 Å². The number of carbonyl (C=O) groups is 2. The van der Waals surface area contributed by atoms with Crippen molar-refractivity contribution in [3.05, 3.63) is 24.0 Å². The van der Waals surface area contributed by atoms with Crippen molar-refractivity contribution < 1.29 is 14.3 Å². The van der Waals surface area contributed by atoms with Crippen molar-refractivity contribution in [3.8, 4) is 0 Å². The fourth-order valence-electron chi connectivity index (χ4n) is 3.05. The Morgan fingerprint density at radius 2 is 2.09 bits per heavy atom. The van der Waals surface area contributed by atoms with E-state index in [9.17, 15) is 9.59 Å². The molecule has 1 aromatic rings. The molecule has 0 radical (unpaired) electrons. The van der Waals surface area contributed by atoms with Crippen LogP contribution in [0.2, 0.25) is 0 Å². The first-order valence-electron chi connectivity index (χ1n) is 8.20. The van der Waals surface area contributed by atoms with E-state index in [1.807, 2.05) is 23.2 Å². The van der Waals surface area contributed by atoms with E-state index in [1.165, 1.54) is 4.90 Å². The molecule has 1 aromatic heterocycles. The van der Waals surface area contributed by atoms with Crippen molar-refractivity contribution in [2.75, 3.05) is 27.2 Å². The number of ether oxygens (including phenoxy) is 1.